The fourth-order valence-electron chi connectivity index (χ4n) is 4.97. The Morgan fingerprint density at radius 1 is 1.03 bits per heavy atom. The van der Waals surface area contributed by atoms with Gasteiger partial charge in [0.2, 0.25) is 5.91 Å². The Morgan fingerprint density at radius 2 is 1.71 bits per heavy atom. The van der Waals surface area contributed by atoms with Gasteiger partial charge in [-0.2, -0.15) is 13.2 Å². The number of alkyl halides is 3. The van der Waals surface area contributed by atoms with E-state index in [9.17, 15) is 22.8 Å². The number of carbonyl (C=O) groups excluding carboxylic acids is 2. The maximum atomic E-state index is 13.9. The largest absolute Gasteiger partial charge is 0.443 e. The average molecular weight is 534 g/mol. The third kappa shape index (κ3) is 6.11. The van der Waals surface area contributed by atoms with Crippen LogP contribution < -0.4 is 9.80 Å². The highest BCUT2D eigenvalue weighted by Gasteiger charge is 2.40. The van der Waals surface area contributed by atoms with Crippen LogP contribution in [0.25, 0.3) is 0 Å². The molecule has 1 fully saturated rings. The van der Waals surface area contributed by atoms with Crippen LogP contribution in [0.3, 0.4) is 0 Å². The molecule has 1 saturated carbocycles. The van der Waals surface area contributed by atoms with E-state index in [1.165, 1.54) is 17.2 Å². The zero-order valence-corrected chi connectivity index (χ0v) is 22.3. The Kier molecular flexibility index (Phi) is 7.74. The Balaban J connectivity index is 1.79. The molecule has 1 aliphatic heterocycles. The van der Waals surface area contributed by atoms with Crippen LogP contribution in [-0.4, -0.2) is 34.8 Å². The van der Waals surface area contributed by atoms with Gasteiger partial charge in [0.15, 0.2) is 0 Å². The smallest absolute Gasteiger partial charge is 0.420 e. The molecule has 10 heteroatoms. The van der Waals surface area contributed by atoms with E-state index in [-0.39, 0.29) is 47.8 Å². The van der Waals surface area contributed by atoms with E-state index >= 15 is 0 Å². The molecule has 1 aliphatic carbocycles. The molecule has 0 saturated heterocycles. The quantitative estimate of drug-likeness (QED) is 0.425. The fraction of sp³-hybridized carbons (Fsp3) is 0.536. The van der Waals surface area contributed by atoms with Gasteiger partial charge in [0, 0.05) is 17.7 Å². The minimum Gasteiger partial charge on any atom is -0.443 e. The molecule has 4 rings (SSSR count). The summed E-state index contributed by atoms with van der Waals surface area (Å²) >= 11 is 0. The average Bonchev–Trinajstić information content (AvgIpc) is 2.96. The monoisotopic (exact) mass is 533 g/mol. The predicted molar refractivity (Wildman–Crippen MR) is 137 cm³/mol. The van der Waals surface area contributed by atoms with Gasteiger partial charge in [0.05, 0.1) is 35.7 Å². The first-order chi connectivity index (χ1) is 17.7. The summed E-state index contributed by atoms with van der Waals surface area (Å²) in [6, 6.07) is 6.43. The number of aromatic nitrogens is 1. The molecule has 0 unspecified atom stereocenters. The number of amides is 2. The van der Waals surface area contributed by atoms with Crippen molar-refractivity contribution in [3.63, 3.8) is 0 Å². The van der Waals surface area contributed by atoms with Crippen molar-refractivity contribution in [1.29, 1.82) is 0 Å². The lowest BCUT2D eigenvalue weighted by molar-refractivity contribution is -0.137. The fourth-order valence-corrected chi connectivity index (χ4v) is 4.97. The molecule has 0 bridgehead atoms. The van der Waals surface area contributed by atoms with Crippen molar-refractivity contribution in [2.24, 2.45) is 5.92 Å². The van der Waals surface area contributed by atoms with Crippen LogP contribution in [-0.2, 0) is 27.0 Å². The number of pyridine rings is 1. The summed E-state index contributed by atoms with van der Waals surface area (Å²) in [7, 11) is 0. The number of benzene rings is 1. The van der Waals surface area contributed by atoms with E-state index in [2.05, 4.69) is 4.98 Å². The molecule has 1 aromatic carbocycles. The Labute approximate surface area is 220 Å². The second-order valence-corrected chi connectivity index (χ2v) is 11.1. The number of hydrogen-bond donors (Lipinski definition) is 0. The first kappa shape index (κ1) is 27.9. The number of nitrogens with zero attached hydrogens (tertiary/aromatic N) is 3. The molecule has 0 spiro atoms. The lowest BCUT2D eigenvalue weighted by atomic mass is 9.86. The molecule has 2 amide bonds. The molecule has 206 valence electrons. The van der Waals surface area contributed by atoms with Gasteiger partial charge in [-0.05, 0) is 84.6 Å². The normalized spacial score (nSPS) is 20.0. The van der Waals surface area contributed by atoms with Crippen molar-refractivity contribution in [2.45, 2.75) is 90.8 Å². The summed E-state index contributed by atoms with van der Waals surface area (Å²) in [5.74, 6) is -0.445. The molecule has 1 aromatic heterocycles. The zero-order chi connectivity index (χ0) is 27.8. The van der Waals surface area contributed by atoms with E-state index in [1.807, 2.05) is 13.8 Å². The predicted octanol–water partition coefficient (Wildman–Crippen LogP) is 7.00. The molecule has 2 aromatic rings. The van der Waals surface area contributed by atoms with Crippen LogP contribution in [0.2, 0.25) is 0 Å². The minimum absolute atomic E-state index is 0.00534. The first-order valence-corrected chi connectivity index (χ1v) is 12.9. The van der Waals surface area contributed by atoms with Crippen molar-refractivity contribution in [3.05, 3.63) is 47.7 Å². The summed E-state index contributed by atoms with van der Waals surface area (Å²) < 4.78 is 52.9. The van der Waals surface area contributed by atoms with E-state index < -0.39 is 23.4 Å². The lowest BCUT2D eigenvalue weighted by Gasteiger charge is -2.33. The van der Waals surface area contributed by atoms with Gasteiger partial charge >= 0.3 is 12.3 Å². The van der Waals surface area contributed by atoms with Gasteiger partial charge in [-0.1, -0.05) is 6.07 Å². The molecule has 38 heavy (non-hydrogen) atoms. The highest BCUT2D eigenvalue weighted by atomic mass is 19.4. The van der Waals surface area contributed by atoms with Crippen molar-refractivity contribution in [1.82, 2.24) is 4.98 Å². The van der Waals surface area contributed by atoms with Gasteiger partial charge in [-0.15, -0.1) is 0 Å². The molecular formula is C28H34F3N3O4. The van der Waals surface area contributed by atoms with Gasteiger partial charge in [-0.25, -0.2) is 14.7 Å². The second kappa shape index (κ2) is 10.6. The number of ether oxygens (including phenoxy) is 2. The molecule has 0 N–H and O–H groups in total. The van der Waals surface area contributed by atoms with Gasteiger partial charge in [0.1, 0.15) is 11.4 Å². The van der Waals surface area contributed by atoms with E-state index in [1.54, 1.807) is 32.9 Å². The third-order valence-corrected chi connectivity index (χ3v) is 6.57. The van der Waals surface area contributed by atoms with Crippen LogP contribution in [0.4, 0.5) is 35.2 Å². The highest BCUT2D eigenvalue weighted by Crippen LogP contribution is 2.44. The highest BCUT2D eigenvalue weighted by molar-refractivity contribution is 6.06. The summed E-state index contributed by atoms with van der Waals surface area (Å²) in [6.45, 7) is 9.00. The summed E-state index contributed by atoms with van der Waals surface area (Å²) in [4.78, 5) is 34.2. The molecule has 7 nitrogen and oxygen atoms in total. The molecule has 0 atom stereocenters. The third-order valence-electron chi connectivity index (χ3n) is 6.57. The number of halogens is 3. The first-order valence-electron chi connectivity index (χ1n) is 12.9. The molecule has 2 aliphatic rings. The van der Waals surface area contributed by atoms with Crippen molar-refractivity contribution in [2.75, 3.05) is 9.80 Å². The maximum absolute atomic E-state index is 13.9. The van der Waals surface area contributed by atoms with Crippen molar-refractivity contribution < 1.29 is 32.2 Å². The Morgan fingerprint density at radius 3 is 2.32 bits per heavy atom. The summed E-state index contributed by atoms with van der Waals surface area (Å²) in [6.07, 6.45) is -1.28. The topological polar surface area (TPSA) is 72.0 Å². The van der Waals surface area contributed by atoms with Crippen molar-refractivity contribution in [3.8, 4) is 0 Å². The van der Waals surface area contributed by atoms with Crippen molar-refractivity contribution >= 4 is 29.2 Å². The number of anilines is 3. The Hall–Kier alpha value is -3.14. The number of carbonyl (C=O) groups is 2. The molecule has 0 radical (unpaired) electrons. The van der Waals surface area contributed by atoms with Crippen LogP contribution in [0.15, 0.2) is 36.5 Å². The van der Waals surface area contributed by atoms with Gasteiger partial charge in [0.25, 0.3) is 0 Å². The van der Waals surface area contributed by atoms with E-state index in [0.717, 1.165) is 17.0 Å². The number of rotatable bonds is 3. The number of hydrogen-bond acceptors (Lipinski definition) is 5. The van der Waals surface area contributed by atoms with Crippen LogP contribution in [0.5, 0.6) is 0 Å². The van der Waals surface area contributed by atoms with Gasteiger partial charge < -0.3 is 14.4 Å². The SMILES string of the molecule is CC(C)O[C@H]1CC[C@H](C(=O)N2Cc3cccnc3N(C(=O)OC(C)(C)C)c3ccc(C(F)(F)F)cc32)CC1. The number of fused-ring (bicyclic) bond motifs is 2. The van der Waals surface area contributed by atoms with E-state index in [4.69, 9.17) is 9.47 Å². The zero-order valence-electron chi connectivity index (χ0n) is 22.3. The molecular weight excluding hydrogens is 499 g/mol. The van der Waals surface area contributed by atoms with Gasteiger partial charge in [-0.3, -0.25) is 4.79 Å². The lowest BCUT2D eigenvalue weighted by Crippen LogP contribution is -2.39. The van der Waals surface area contributed by atoms with Crippen LogP contribution in [0.1, 0.15) is 71.4 Å². The maximum Gasteiger partial charge on any atom is 0.420 e. The van der Waals surface area contributed by atoms with Crippen LogP contribution in [0, 0.1) is 5.92 Å². The Bertz CT molecular complexity index is 1180. The minimum atomic E-state index is -4.63. The second-order valence-electron chi connectivity index (χ2n) is 11.1. The summed E-state index contributed by atoms with van der Waals surface area (Å²) in [5, 5.41) is 0. The van der Waals surface area contributed by atoms with Crippen LogP contribution >= 0.6 is 0 Å². The summed E-state index contributed by atoms with van der Waals surface area (Å²) in [5.41, 5.74) is -1.15. The standard InChI is InChI=1S/C28H34F3N3O4/c1-17(2)37-21-11-8-18(9-12-21)25(35)33-16-19-7-6-14-32-24(19)34(26(36)38-27(3,4)5)22-13-10-20(15-23(22)33)28(29,30)31/h6-7,10,13-15,17-18,21H,8-9,11-12,16H2,1-5H3/t18-,21-. The van der Waals surface area contributed by atoms with E-state index in [0.29, 0.717) is 31.2 Å². The molecule has 2 heterocycles.